The summed E-state index contributed by atoms with van der Waals surface area (Å²) in [5.74, 6) is 0. The minimum Gasteiger partial charge on any atom is -0.392 e. The molecular weight excluding hydrogens is 260 g/mol. The molecule has 1 atom stereocenters. The first kappa shape index (κ1) is 12.8. The van der Waals surface area contributed by atoms with Gasteiger partial charge in [-0.3, -0.25) is 10.1 Å². The van der Waals surface area contributed by atoms with Crippen molar-refractivity contribution in [3.05, 3.63) is 38.9 Å². The monoisotopic (exact) mass is 270 g/mol. The molecule has 1 aromatic rings. The van der Waals surface area contributed by atoms with Crippen LogP contribution in [0.5, 0.6) is 0 Å². The number of aliphatic hydroxyl groups is 1. The molecule has 0 amide bonds. The average Bonchev–Trinajstić information content (AvgIpc) is 2.73. The van der Waals surface area contributed by atoms with Crippen molar-refractivity contribution < 1.29 is 14.9 Å². The summed E-state index contributed by atoms with van der Waals surface area (Å²) < 4.78 is 0. The van der Waals surface area contributed by atoms with E-state index in [4.69, 9.17) is 21.5 Å². The highest BCUT2D eigenvalue weighted by atomic mass is 35.5. The van der Waals surface area contributed by atoms with Crippen LogP contribution >= 0.6 is 11.6 Å². The Balaban J connectivity index is 2.35. The number of benzene rings is 1. The summed E-state index contributed by atoms with van der Waals surface area (Å²) in [6.07, 6.45) is 0.352. The van der Waals surface area contributed by atoms with Gasteiger partial charge in [0.05, 0.1) is 22.3 Å². The van der Waals surface area contributed by atoms with E-state index in [9.17, 15) is 10.1 Å². The molecule has 1 unspecified atom stereocenters. The molecule has 1 aliphatic rings. The highest BCUT2D eigenvalue weighted by Crippen LogP contribution is 2.30. The van der Waals surface area contributed by atoms with Crippen LogP contribution in [0.25, 0.3) is 0 Å². The maximum absolute atomic E-state index is 10.7. The number of halogens is 1. The molecule has 18 heavy (non-hydrogen) atoms. The molecule has 0 fully saturated rings. The Morgan fingerprint density at radius 1 is 1.67 bits per heavy atom. The van der Waals surface area contributed by atoms with Gasteiger partial charge >= 0.3 is 0 Å². The van der Waals surface area contributed by atoms with Crippen LogP contribution in [0.3, 0.4) is 0 Å². The lowest BCUT2D eigenvalue weighted by molar-refractivity contribution is -0.384. The van der Waals surface area contributed by atoms with E-state index in [0.29, 0.717) is 22.7 Å². The fourth-order valence-corrected chi connectivity index (χ4v) is 1.89. The molecule has 1 heterocycles. The summed E-state index contributed by atoms with van der Waals surface area (Å²) in [6, 6.07) is 4.13. The van der Waals surface area contributed by atoms with Crippen molar-refractivity contribution in [3.8, 4) is 0 Å². The number of nitro benzene ring substituents is 1. The molecule has 0 bridgehead atoms. The summed E-state index contributed by atoms with van der Waals surface area (Å²) in [4.78, 5) is 15.3. The smallest absolute Gasteiger partial charge is 0.270 e. The van der Waals surface area contributed by atoms with Gasteiger partial charge in [0.25, 0.3) is 5.69 Å². The van der Waals surface area contributed by atoms with Crippen molar-refractivity contribution in [2.45, 2.75) is 18.9 Å². The predicted molar refractivity (Wildman–Crippen MR) is 65.8 cm³/mol. The number of hydrogen-bond acceptors (Lipinski definition) is 5. The van der Waals surface area contributed by atoms with E-state index < -0.39 is 10.5 Å². The van der Waals surface area contributed by atoms with E-state index >= 15 is 0 Å². The minimum absolute atomic E-state index is 0.0605. The van der Waals surface area contributed by atoms with E-state index in [1.54, 1.807) is 6.92 Å². The topological polar surface area (TPSA) is 85.0 Å². The molecule has 1 N–H and O–H groups in total. The maximum Gasteiger partial charge on any atom is 0.270 e. The van der Waals surface area contributed by atoms with Gasteiger partial charge in [-0.15, -0.1) is 0 Å². The highest BCUT2D eigenvalue weighted by molar-refractivity contribution is 6.34. The molecule has 7 heteroatoms. The van der Waals surface area contributed by atoms with Crippen LogP contribution in [0, 0.1) is 10.1 Å². The first-order valence-electron chi connectivity index (χ1n) is 5.25. The van der Waals surface area contributed by atoms with Crippen LogP contribution in [-0.2, 0) is 4.84 Å². The number of non-ortho nitro benzene ring substituents is 1. The zero-order valence-corrected chi connectivity index (χ0v) is 10.3. The molecule has 0 aliphatic carbocycles. The number of aliphatic hydroxyl groups excluding tert-OH is 1. The Morgan fingerprint density at radius 2 is 2.39 bits per heavy atom. The first-order valence-corrected chi connectivity index (χ1v) is 5.63. The SMILES string of the molecule is CC1(CO)CC(c2cc([N+](=O)[O-])ccc2Cl)=NO1. The van der Waals surface area contributed by atoms with E-state index in [-0.39, 0.29) is 12.3 Å². The molecule has 0 aromatic heterocycles. The zero-order chi connectivity index (χ0) is 13.3. The third-order valence-corrected chi connectivity index (χ3v) is 3.05. The van der Waals surface area contributed by atoms with Gasteiger partial charge < -0.3 is 9.94 Å². The largest absolute Gasteiger partial charge is 0.392 e. The molecule has 6 nitrogen and oxygen atoms in total. The Hall–Kier alpha value is -1.66. The Bertz CT molecular complexity index is 532. The lowest BCUT2D eigenvalue weighted by Crippen LogP contribution is -2.29. The van der Waals surface area contributed by atoms with Crippen LogP contribution in [0.4, 0.5) is 5.69 Å². The van der Waals surface area contributed by atoms with Gasteiger partial charge in [-0.05, 0) is 13.0 Å². The molecule has 0 saturated heterocycles. The molecule has 0 spiro atoms. The highest BCUT2D eigenvalue weighted by Gasteiger charge is 2.35. The second kappa shape index (κ2) is 4.55. The van der Waals surface area contributed by atoms with E-state index in [0.717, 1.165) is 0 Å². The van der Waals surface area contributed by atoms with Crippen molar-refractivity contribution in [1.29, 1.82) is 0 Å². The second-order valence-corrected chi connectivity index (χ2v) is 4.74. The van der Waals surface area contributed by atoms with E-state index in [1.807, 2.05) is 0 Å². The summed E-state index contributed by atoms with van der Waals surface area (Å²) in [7, 11) is 0. The number of hydrogen-bond donors (Lipinski definition) is 1. The lowest BCUT2D eigenvalue weighted by Gasteiger charge is -2.17. The third-order valence-electron chi connectivity index (χ3n) is 2.72. The zero-order valence-electron chi connectivity index (χ0n) is 9.59. The fourth-order valence-electron chi connectivity index (χ4n) is 1.66. The molecule has 96 valence electrons. The molecular formula is C11H11ClN2O4. The van der Waals surface area contributed by atoms with Crippen LogP contribution in [0.15, 0.2) is 23.4 Å². The van der Waals surface area contributed by atoms with E-state index in [2.05, 4.69) is 5.16 Å². The lowest BCUT2D eigenvalue weighted by atomic mass is 9.96. The van der Waals surface area contributed by atoms with Crippen molar-refractivity contribution >= 4 is 23.0 Å². The summed E-state index contributed by atoms with van der Waals surface area (Å²) in [5, 5.41) is 24.1. The van der Waals surface area contributed by atoms with Crippen molar-refractivity contribution in [2.75, 3.05) is 6.61 Å². The number of nitro groups is 1. The van der Waals surface area contributed by atoms with Crippen molar-refractivity contribution in [2.24, 2.45) is 5.16 Å². The predicted octanol–water partition coefficient (Wildman–Crippen LogP) is 2.12. The number of nitrogens with zero attached hydrogens (tertiary/aromatic N) is 2. The van der Waals surface area contributed by atoms with E-state index in [1.165, 1.54) is 18.2 Å². The van der Waals surface area contributed by atoms with Crippen LogP contribution in [-0.4, -0.2) is 27.9 Å². The maximum atomic E-state index is 10.7. The van der Waals surface area contributed by atoms with Gasteiger partial charge in [0, 0.05) is 24.1 Å². The normalized spacial score (nSPS) is 22.5. The van der Waals surface area contributed by atoms with Gasteiger partial charge in [0.15, 0.2) is 5.60 Å². The van der Waals surface area contributed by atoms with Gasteiger partial charge in [-0.1, -0.05) is 16.8 Å². The van der Waals surface area contributed by atoms with Crippen molar-refractivity contribution in [3.63, 3.8) is 0 Å². The molecule has 0 saturated carbocycles. The molecule has 1 aliphatic heterocycles. The van der Waals surface area contributed by atoms with Crippen LogP contribution < -0.4 is 0 Å². The standard InChI is InChI=1S/C11H11ClN2O4/c1-11(6-15)5-10(13-18-11)8-4-7(14(16)17)2-3-9(8)12/h2-4,15H,5-6H2,1H3. The molecule has 0 radical (unpaired) electrons. The Morgan fingerprint density at radius 3 is 2.94 bits per heavy atom. The fraction of sp³-hybridized carbons (Fsp3) is 0.364. The van der Waals surface area contributed by atoms with Crippen molar-refractivity contribution in [1.82, 2.24) is 0 Å². The van der Waals surface area contributed by atoms with Gasteiger partial charge in [0.2, 0.25) is 0 Å². The molecule has 1 aromatic carbocycles. The second-order valence-electron chi connectivity index (χ2n) is 4.34. The summed E-state index contributed by atoms with van der Waals surface area (Å²) in [5.41, 5.74) is 0.113. The average molecular weight is 271 g/mol. The van der Waals surface area contributed by atoms with Gasteiger partial charge in [-0.25, -0.2) is 0 Å². The summed E-state index contributed by atoms with van der Waals surface area (Å²) >= 11 is 6.00. The number of oxime groups is 1. The third kappa shape index (κ3) is 2.30. The quantitative estimate of drug-likeness (QED) is 0.673. The van der Waals surface area contributed by atoms with Crippen LogP contribution in [0.1, 0.15) is 18.9 Å². The summed E-state index contributed by atoms with van der Waals surface area (Å²) in [6.45, 7) is 1.52. The van der Waals surface area contributed by atoms with Crippen LogP contribution in [0.2, 0.25) is 5.02 Å². The first-order chi connectivity index (χ1) is 8.45. The Kier molecular flexibility index (Phi) is 3.23. The van der Waals surface area contributed by atoms with Gasteiger partial charge in [0.1, 0.15) is 0 Å². The molecule has 2 rings (SSSR count). The minimum atomic E-state index is -0.788. The Labute approximate surface area is 108 Å². The number of rotatable bonds is 3. The van der Waals surface area contributed by atoms with Gasteiger partial charge in [-0.2, -0.15) is 0 Å².